The van der Waals surface area contributed by atoms with Gasteiger partial charge in [-0.25, -0.2) is 8.78 Å². The Balaban J connectivity index is 3.30. The first-order valence-electron chi connectivity index (χ1n) is 4.77. The first-order chi connectivity index (χ1) is 7.51. The van der Waals surface area contributed by atoms with E-state index < -0.39 is 23.5 Å². The van der Waals surface area contributed by atoms with Crippen molar-refractivity contribution < 1.29 is 23.4 Å². The van der Waals surface area contributed by atoms with Crippen LogP contribution >= 0.6 is 0 Å². The Kier molecular flexibility index (Phi) is 3.82. The zero-order valence-corrected chi connectivity index (χ0v) is 8.96. The fourth-order valence-electron chi connectivity index (χ4n) is 1.48. The van der Waals surface area contributed by atoms with Gasteiger partial charge < -0.3 is 9.84 Å². The van der Waals surface area contributed by atoms with Crippen LogP contribution in [0.2, 0.25) is 0 Å². The van der Waals surface area contributed by atoms with Gasteiger partial charge in [0.25, 0.3) is 0 Å². The maximum absolute atomic E-state index is 13.4. The van der Waals surface area contributed by atoms with Gasteiger partial charge in [0.2, 0.25) is 0 Å². The summed E-state index contributed by atoms with van der Waals surface area (Å²) in [5.41, 5.74) is -0.188. The molecule has 0 radical (unpaired) electrons. The van der Waals surface area contributed by atoms with Crippen molar-refractivity contribution in [3.63, 3.8) is 0 Å². The normalized spacial score (nSPS) is 12.2. The van der Waals surface area contributed by atoms with Crippen LogP contribution in [0.25, 0.3) is 0 Å². The number of halogens is 2. The Morgan fingerprint density at radius 1 is 1.50 bits per heavy atom. The van der Waals surface area contributed by atoms with Gasteiger partial charge in [0.05, 0.1) is 13.0 Å². The Morgan fingerprint density at radius 2 is 2.12 bits per heavy atom. The van der Waals surface area contributed by atoms with E-state index in [0.717, 1.165) is 6.07 Å². The van der Waals surface area contributed by atoms with Crippen molar-refractivity contribution in [2.24, 2.45) is 0 Å². The molecule has 0 aliphatic carbocycles. The quantitative estimate of drug-likeness (QED) is 0.864. The molecule has 0 fully saturated rings. The van der Waals surface area contributed by atoms with Gasteiger partial charge in [0.1, 0.15) is 5.75 Å². The van der Waals surface area contributed by atoms with Crippen molar-refractivity contribution in [3.8, 4) is 5.75 Å². The molecular formula is C11H12F2O3. The highest BCUT2D eigenvalue weighted by molar-refractivity contribution is 5.76. The minimum atomic E-state index is -1.19. The molecule has 1 atom stereocenters. The van der Waals surface area contributed by atoms with Crippen LogP contribution in [0.4, 0.5) is 8.78 Å². The van der Waals surface area contributed by atoms with Crippen LogP contribution < -0.4 is 4.74 Å². The summed E-state index contributed by atoms with van der Waals surface area (Å²) in [6, 6.07) is 2.09. The topological polar surface area (TPSA) is 46.5 Å². The summed E-state index contributed by atoms with van der Waals surface area (Å²) in [6.07, 6.45) is 0.179. The summed E-state index contributed by atoms with van der Waals surface area (Å²) < 4.78 is 31.3. The number of carboxylic acids is 1. The predicted molar refractivity (Wildman–Crippen MR) is 53.6 cm³/mol. The van der Waals surface area contributed by atoms with Crippen molar-refractivity contribution in [2.75, 3.05) is 7.11 Å². The van der Waals surface area contributed by atoms with Gasteiger partial charge in [-0.3, -0.25) is 4.79 Å². The maximum atomic E-state index is 13.4. The molecule has 3 nitrogen and oxygen atoms in total. The zero-order valence-electron chi connectivity index (χ0n) is 8.96. The lowest BCUT2D eigenvalue weighted by molar-refractivity contribution is -0.138. The van der Waals surface area contributed by atoms with E-state index in [9.17, 15) is 13.6 Å². The number of carbonyl (C=O) groups is 1. The van der Waals surface area contributed by atoms with E-state index >= 15 is 0 Å². The van der Waals surface area contributed by atoms with Crippen LogP contribution in [0.15, 0.2) is 12.1 Å². The van der Waals surface area contributed by atoms with Crippen molar-refractivity contribution in [2.45, 2.75) is 19.3 Å². The van der Waals surface area contributed by atoms with E-state index in [1.807, 2.05) is 0 Å². The molecule has 88 valence electrons. The number of carboxylic acid groups (broad SMARTS) is 1. The molecule has 1 aromatic rings. The molecule has 0 saturated heterocycles. The van der Waals surface area contributed by atoms with Gasteiger partial charge in [0, 0.05) is 11.6 Å². The van der Waals surface area contributed by atoms with Gasteiger partial charge in [-0.15, -0.1) is 0 Å². The highest BCUT2D eigenvalue weighted by atomic mass is 19.2. The molecule has 0 aliphatic rings. The van der Waals surface area contributed by atoms with E-state index in [-0.39, 0.29) is 17.7 Å². The second-order valence-electron chi connectivity index (χ2n) is 3.31. The number of hydrogen-bond acceptors (Lipinski definition) is 2. The van der Waals surface area contributed by atoms with Crippen LogP contribution in [-0.4, -0.2) is 18.2 Å². The molecule has 1 rings (SSSR count). The molecule has 5 heteroatoms. The van der Waals surface area contributed by atoms with Gasteiger partial charge >= 0.3 is 5.97 Å². The summed E-state index contributed by atoms with van der Waals surface area (Å²) in [4.78, 5) is 10.9. The minimum Gasteiger partial charge on any atom is -0.497 e. The van der Waals surface area contributed by atoms with E-state index in [1.165, 1.54) is 13.2 Å². The lowest BCUT2D eigenvalue weighted by Crippen LogP contribution is -2.13. The number of aliphatic carboxylic acids is 1. The summed E-state index contributed by atoms with van der Waals surface area (Å²) >= 11 is 0. The van der Waals surface area contributed by atoms with Gasteiger partial charge in [0.15, 0.2) is 11.6 Å². The van der Waals surface area contributed by atoms with Crippen molar-refractivity contribution in [1.29, 1.82) is 0 Å². The highest BCUT2D eigenvalue weighted by Gasteiger charge is 2.24. The molecule has 16 heavy (non-hydrogen) atoms. The molecule has 0 amide bonds. The van der Waals surface area contributed by atoms with E-state index in [2.05, 4.69) is 0 Å². The number of hydrogen-bond donors (Lipinski definition) is 1. The SMILES string of the molecule is CCC(C(=O)O)c1cc(OC)cc(F)c1F. The molecule has 0 heterocycles. The number of benzene rings is 1. The fourth-order valence-corrected chi connectivity index (χ4v) is 1.48. The third kappa shape index (κ3) is 2.29. The van der Waals surface area contributed by atoms with Crippen molar-refractivity contribution in [3.05, 3.63) is 29.3 Å². The Labute approximate surface area is 91.7 Å². The fraction of sp³-hybridized carbons (Fsp3) is 0.364. The second-order valence-corrected chi connectivity index (χ2v) is 3.31. The lowest BCUT2D eigenvalue weighted by Gasteiger charge is -2.13. The van der Waals surface area contributed by atoms with Gasteiger partial charge in [-0.2, -0.15) is 0 Å². The molecule has 0 spiro atoms. The van der Waals surface area contributed by atoms with E-state index in [4.69, 9.17) is 9.84 Å². The van der Waals surface area contributed by atoms with Gasteiger partial charge in [-0.1, -0.05) is 6.92 Å². The van der Waals surface area contributed by atoms with E-state index in [1.54, 1.807) is 6.92 Å². The second kappa shape index (κ2) is 4.92. The van der Waals surface area contributed by atoms with Crippen LogP contribution in [-0.2, 0) is 4.79 Å². The van der Waals surface area contributed by atoms with Crippen LogP contribution in [0.1, 0.15) is 24.8 Å². The van der Waals surface area contributed by atoms with E-state index in [0.29, 0.717) is 0 Å². The van der Waals surface area contributed by atoms with Crippen molar-refractivity contribution >= 4 is 5.97 Å². The summed E-state index contributed by atoms with van der Waals surface area (Å²) in [5.74, 6) is -4.38. The van der Waals surface area contributed by atoms with Crippen LogP contribution in [0.5, 0.6) is 5.75 Å². The Bertz CT molecular complexity index is 404. The Morgan fingerprint density at radius 3 is 2.56 bits per heavy atom. The average Bonchev–Trinajstić information content (AvgIpc) is 2.24. The molecule has 1 unspecified atom stereocenters. The number of rotatable bonds is 4. The monoisotopic (exact) mass is 230 g/mol. The number of methoxy groups -OCH3 is 1. The largest absolute Gasteiger partial charge is 0.497 e. The molecule has 1 N–H and O–H groups in total. The minimum absolute atomic E-state index is 0.105. The van der Waals surface area contributed by atoms with Gasteiger partial charge in [-0.05, 0) is 12.5 Å². The van der Waals surface area contributed by atoms with Crippen molar-refractivity contribution in [1.82, 2.24) is 0 Å². The van der Waals surface area contributed by atoms with Crippen LogP contribution in [0.3, 0.4) is 0 Å². The summed E-state index contributed by atoms with van der Waals surface area (Å²) in [5, 5.41) is 8.88. The smallest absolute Gasteiger partial charge is 0.311 e. The average molecular weight is 230 g/mol. The van der Waals surface area contributed by atoms with Crippen LogP contribution in [0, 0.1) is 11.6 Å². The molecular weight excluding hydrogens is 218 g/mol. The molecule has 0 bridgehead atoms. The zero-order chi connectivity index (χ0) is 12.3. The standard InChI is InChI=1S/C11H12F2O3/c1-3-7(11(14)15)8-4-6(16-2)5-9(12)10(8)13/h4-5,7H,3H2,1-2H3,(H,14,15). The summed E-state index contributed by atoms with van der Waals surface area (Å²) in [6.45, 7) is 1.59. The lowest BCUT2D eigenvalue weighted by atomic mass is 9.95. The summed E-state index contributed by atoms with van der Waals surface area (Å²) in [7, 11) is 1.30. The molecule has 1 aromatic carbocycles. The molecule has 0 aliphatic heterocycles. The first kappa shape index (κ1) is 12.4. The number of ether oxygens (including phenoxy) is 1. The maximum Gasteiger partial charge on any atom is 0.311 e. The molecule has 0 aromatic heterocycles. The third-order valence-corrected chi connectivity index (χ3v) is 2.35. The first-order valence-corrected chi connectivity index (χ1v) is 4.77. The Hall–Kier alpha value is -1.65. The molecule has 0 saturated carbocycles. The third-order valence-electron chi connectivity index (χ3n) is 2.35. The highest BCUT2D eigenvalue weighted by Crippen LogP contribution is 2.28. The predicted octanol–water partition coefficient (Wildman–Crippen LogP) is 2.55.